The van der Waals surface area contributed by atoms with Crippen molar-refractivity contribution in [3.63, 3.8) is 0 Å². The summed E-state index contributed by atoms with van der Waals surface area (Å²) in [7, 11) is 1.36. The molecule has 0 aliphatic rings. The fourth-order valence-electron chi connectivity index (χ4n) is 1.03. The van der Waals surface area contributed by atoms with Crippen LogP contribution in [0, 0.1) is 17.2 Å². The van der Waals surface area contributed by atoms with Crippen LogP contribution in [-0.4, -0.2) is 13.1 Å². The van der Waals surface area contributed by atoms with Crippen LogP contribution in [0.25, 0.3) is 0 Å². The number of hydrogen-bond donors (Lipinski definition) is 0. The van der Waals surface area contributed by atoms with Gasteiger partial charge in [-0.2, -0.15) is 5.26 Å². The lowest BCUT2D eigenvalue weighted by molar-refractivity contribution is -0.145. The van der Waals surface area contributed by atoms with Crippen LogP contribution >= 0.6 is 0 Å². The summed E-state index contributed by atoms with van der Waals surface area (Å²) in [5.74, 6) is -0.482. The molecule has 0 aromatic rings. The fraction of sp³-hybridized carbons (Fsp3) is 0.778. The van der Waals surface area contributed by atoms with Crippen LogP contribution in [0.3, 0.4) is 0 Å². The van der Waals surface area contributed by atoms with Gasteiger partial charge >= 0.3 is 5.97 Å². The zero-order chi connectivity index (χ0) is 9.40. The number of hydrogen-bond acceptors (Lipinski definition) is 3. The van der Waals surface area contributed by atoms with Gasteiger partial charge in [-0.1, -0.05) is 19.8 Å². The van der Waals surface area contributed by atoms with Gasteiger partial charge in [-0.3, -0.25) is 4.79 Å². The molecule has 0 aromatic carbocycles. The highest BCUT2D eigenvalue weighted by atomic mass is 16.5. The second-order valence-corrected chi connectivity index (χ2v) is 2.72. The molecule has 0 aliphatic carbocycles. The average Bonchev–Trinajstić information content (AvgIpc) is 2.11. The molecule has 0 aromatic heterocycles. The molecule has 0 aliphatic heterocycles. The normalized spacial score (nSPS) is 11.8. The first-order valence-corrected chi connectivity index (χ1v) is 4.21. The van der Waals surface area contributed by atoms with Crippen LogP contribution in [0.15, 0.2) is 0 Å². The Morgan fingerprint density at radius 2 is 2.33 bits per heavy atom. The maximum absolute atomic E-state index is 11.0. The number of carbonyl (C=O) groups is 1. The van der Waals surface area contributed by atoms with E-state index >= 15 is 0 Å². The second-order valence-electron chi connectivity index (χ2n) is 2.72. The van der Waals surface area contributed by atoms with E-state index in [1.165, 1.54) is 7.11 Å². The average molecular weight is 169 g/mol. The lowest BCUT2D eigenvalue weighted by atomic mass is 9.99. The lowest BCUT2D eigenvalue weighted by Gasteiger charge is -2.09. The number of esters is 1. The van der Waals surface area contributed by atoms with Gasteiger partial charge in [-0.25, -0.2) is 0 Å². The zero-order valence-corrected chi connectivity index (χ0v) is 7.67. The van der Waals surface area contributed by atoms with Crippen molar-refractivity contribution in [2.75, 3.05) is 7.11 Å². The van der Waals surface area contributed by atoms with Crippen molar-refractivity contribution in [3.05, 3.63) is 0 Å². The Kier molecular flexibility index (Phi) is 6.08. The van der Waals surface area contributed by atoms with Gasteiger partial charge in [0.15, 0.2) is 0 Å². The Labute approximate surface area is 73.3 Å². The fourth-order valence-corrected chi connectivity index (χ4v) is 1.03. The second kappa shape index (κ2) is 6.66. The molecule has 0 spiro atoms. The van der Waals surface area contributed by atoms with Crippen LogP contribution in [0.4, 0.5) is 0 Å². The molecule has 0 radical (unpaired) electrons. The third kappa shape index (κ3) is 3.97. The minimum absolute atomic E-state index is 0.222. The Morgan fingerprint density at radius 1 is 1.67 bits per heavy atom. The van der Waals surface area contributed by atoms with Gasteiger partial charge in [0.25, 0.3) is 0 Å². The molecule has 68 valence electrons. The van der Waals surface area contributed by atoms with E-state index < -0.39 is 0 Å². The van der Waals surface area contributed by atoms with Crippen LogP contribution in [0.5, 0.6) is 0 Å². The van der Waals surface area contributed by atoms with Gasteiger partial charge in [0.1, 0.15) is 0 Å². The number of rotatable bonds is 5. The number of nitriles is 1. The van der Waals surface area contributed by atoms with Crippen molar-refractivity contribution < 1.29 is 9.53 Å². The maximum Gasteiger partial charge on any atom is 0.309 e. The Balaban J connectivity index is 3.87. The maximum atomic E-state index is 11.0. The molecule has 3 heteroatoms. The topological polar surface area (TPSA) is 50.1 Å². The lowest BCUT2D eigenvalue weighted by Crippen LogP contribution is -2.15. The number of unbranched alkanes of at least 4 members (excludes halogenated alkanes) is 1. The number of methoxy groups -OCH3 is 1. The summed E-state index contributed by atoms with van der Waals surface area (Å²) < 4.78 is 4.57. The van der Waals surface area contributed by atoms with Gasteiger partial charge in [0, 0.05) is 6.42 Å². The SMILES string of the molecule is CCCC[C@@H](CC#N)C(=O)OC. The molecule has 0 fully saturated rings. The van der Waals surface area contributed by atoms with Crippen molar-refractivity contribution in [3.8, 4) is 6.07 Å². The predicted molar refractivity (Wildman–Crippen MR) is 45.3 cm³/mol. The quantitative estimate of drug-likeness (QED) is 0.590. The third-order valence-corrected chi connectivity index (χ3v) is 1.78. The molecule has 3 nitrogen and oxygen atoms in total. The van der Waals surface area contributed by atoms with E-state index in [9.17, 15) is 4.79 Å². The summed E-state index contributed by atoms with van der Waals surface area (Å²) in [4.78, 5) is 11.0. The molecule has 0 bridgehead atoms. The highest BCUT2D eigenvalue weighted by Crippen LogP contribution is 2.13. The van der Waals surface area contributed by atoms with Crippen molar-refractivity contribution in [2.24, 2.45) is 5.92 Å². The summed E-state index contributed by atoms with van der Waals surface area (Å²) in [6, 6.07) is 1.99. The van der Waals surface area contributed by atoms with Crippen molar-refractivity contribution >= 4 is 5.97 Å². The predicted octanol–water partition coefficient (Wildman–Crippen LogP) is 1.88. The number of ether oxygens (including phenoxy) is 1. The van der Waals surface area contributed by atoms with E-state index in [4.69, 9.17) is 5.26 Å². The molecule has 0 saturated carbocycles. The Morgan fingerprint density at radius 3 is 2.75 bits per heavy atom. The molecular weight excluding hydrogens is 154 g/mol. The first-order valence-electron chi connectivity index (χ1n) is 4.21. The summed E-state index contributed by atoms with van der Waals surface area (Å²) >= 11 is 0. The number of carbonyl (C=O) groups excluding carboxylic acids is 1. The van der Waals surface area contributed by atoms with E-state index in [1.54, 1.807) is 0 Å². The van der Waals surface area contributed by atoms with E-state index in [0.29, 0.717) is 0 Å². The van der Waals surface area contributed by atoms with Gasteiger partial charge in [0.05, 0.1) is 19.1 Å². The molecule has 0 unspecified atom stereocenters. The Hall–Kier alpha value is -1.04. The van der Waals surface area contributed by atoms with E-state index in [-0.39, 0.29) is 18.3 Å². The van der Waals surface area contributed by atoms with Gasteiger partial charge in [-0.15, -0.1) is 0 Å². The van der Waals surface area contributed by atoms with E-state index in [0.717, 1.165) is 19.3 Å². The van der Waals surface area contributed by atoms with Crippen LogP contribution < -0.4 is 0 Å². The first kappa shape index (κ1) is 11.0. The molecule has 12 heavy (non-hydrogen) atoms. The third-order valence-electron chi connectivity index (χ3n) is 1.78. The van der Waals surface area contributed by atoms with Gasteiger partial charge in [0.2, 0.25) is 0 Å². The molecule has 0 N–H and O–H groups in total. The Bertz CT molecular complexity index is 172. The van der Waals surface area contributed by atoms with Crippen molar-refractivity contribution in [1.82, 2.24) is 0 Å². The summed E-state index contributed by atoms with van der Waals surface area (Å²) in [5, 5.41) is 8.42. The van der Waals surface area contributed by atoms with Crippen LogP contribution in [-0.2, 0) is 9.53 Å². The smallest absolute Gasteiger partial charge is 0.309 e. The van der Waals surface area contributed by atoms with E-state index in [1.807, 2.05) is 6.07 Å². The molecule has 0 saturated heterocycles. The minimum atomic E-state index is -0.259. The van der Waals surface area contributed by atoms with Crippen LogP contribution in [0.2, 0.25) is 0 Å². The van der Waals surface area contributed by atoms with Gasteiger partial charge in [-0.05, 0) is 6.42 Å². The number of nitrogens with zero attached hydrogens (tertiary/aromatic N) is 1. The van der Waals surface area contributed by atoms with E-state index in [2.05, 4.69) is 11.7 Å². The monoisotopic (exact) mass is 169 g/mol. The minimum Gasteiger partial charge on any atom is -0.469 e. The largest absolute Gasteiger partial charge is 0.469 e. The molecule has 0 rings (SSSR count). The van der Waals surface area contributed by atoms with Gasteiger partial charge < -0.3 is 4.74 Å². The van der Waals surface area contributed by atoms with Crippen molar-refractivity contribution in [2.45, 2.75) is 32.6 Å². The molecule has 1 atom stereocenters. The summed E-state index contributed by atoms with van der Waals surface area (Å²) in [6.45, 7) is 2.06. The van der Waals surface area contributed by atoms with Crippen LogP contribution in [0.1, 0.15) is 32.6 Å². The molecule has 0 amide bonds. The van der Waals surface area contributed by atoms with Crippen molar-refractivity contribution in [1.29, 1.82) is 5.26 Å². The standard InChI is InChI=1S/C9H15NO2/c1-3-4-5-8(6-7-10)9(11)12-2/h8H,3-6H2,1-2H3/t8-/m0/s1. The molecular formula is C9H15NO2. The molecule has 0 heterocycles. The summed E-state index contributed by atoms with van der Waals surface area (Å²) in [5.41, 5.74) is 0. The highest BCUT2D eigenvalue weighted by molar-refractivity contribution is 5.72. The summed E-state index contributed by atoms with van der Waals surface area (Å²) in [6.07, 6.45) is 3.05. The zero-order valence-electron chi connectivity index (χ0n) is 7.67. The first-order chi connectivity index (χ1) is 5.76. The highest BCUT2D eigenvalue weighted by Gasteiger charge is 2.17.